The number of pyridine rings is 1. The van der Waals surface area contributed by atoms with Crippen LogP contribution in [0.25, 0.3) is 0 Å². The van der Waals surface area contributed by atoms with Gasteiger partial charge in [0.1, 0.15) is 5.75 Å². The first-order valence-corrected chi connectivity index (χ1v) is 4.41. The van der Waals surface area contributed by atoms with Crippen LogP contribution in [0.5, 0.6) is 11.6 Å². The molecule has 0 bridgehead atoms. The molecule has 16 heavy (non-hydrogen) atoms. The lowest BCUT2D eigenvalue weighted by atomic mass is 10.1. The summed E-state index contributed by atoms with van der Waals surface area (Å²) < 4.78 is 9.83. The minimum absolute atomic E-state index is 0.253. The van der Waals surface area contributed by atoms with Crippen molar-refractivity contribution >= 4 is 11.8 Å². The molecule has 0 saturated carbocycles. The molecule has 86 valence electrons. The van der Waals surface area contributed by atoms with Crippen molar-refractivity contribution in [2.75, 3.05) is 14.2 Å². The van der Waals surface area contributed by atoms with Gasteiger partial charge in [-0.05, 0) is 0 Å². The summed E-state index contributed by atoms with van der Waals surface area (Å²) in [7, 11) is 2.84. The standard InChI is InChI=1S/C10H11NO5/c1-15-8-5-11-9(16-2)4-6(8)3-7(12)10(13)14/h4-5H,3H2,1-2H3,(H,13,14). The van der Waals surface area contributed by atoms with Crippen molar-refractivity contribution in [2.45, 2.75) is 6.42 Å². The smallest absolute Gasteiger partial charge is 0.372 e. The monoisotopic (exact) mass is 225 g/mol. The van der Waals surface area contributed by atoms with Crippen LogP contribution in [0.3, 0.4) is 0 Å². The van der Waals surface area contributed by atoms with E-state index in [1.807, 2.05) is 0 Å². The number of carbonyl (C=O) groups excluding carboxylic acids is 1. The van der Waals surface area contributed by atoms with Crippen LogP contribution in [0.15, 0.2) is 12.3 Å². The number of hydrogen-bond acceptors (Lipinski definition) is 5. The van der Waals surface area contributed by atoms with Crippen LogP contribution in [0, 0.1) is 0 Å². The number of carboxylic acid groups (broad SMARTS) is 1. The third kappa shape index (κ3) is 2.69. The second kappa shape index (κ2) is 5.11. The van der Waals surface area contributed by atoms with Crippen molar-refractivity contribution in [3.8, 4) is 11.6 Å². The van der Waals surface area contributed by atoms with Crippen molar-refractivity contribution in [2.24, 2.45) is 0 Å². The van der Waals surface area contributed by atoms with Crippen molar-refractivity contribution in [1.82, 2.24) is 4.98 Å². The Morgan fingerprint density at radius 3 is 2.56 bits per heavy atom. The zero-order valence-corrected chi connectivity index (χ0v) is 8.89. The van der Waals surface area contributed by atoms with Gasteiger partial charge >= 0.3 is 5.97 Å². The van der Waals surface area contributed by atoms with Crippen LogP contribution in [0.2, 0.25) is 0 Å². The second-order valence-corrected chi connectivity index (χ2v) is 2.94. The molecular weight excluding hydrogens is 214 g/mol. The normalized spacial score (nSPS) is 9.62. The van der Waals surface area contributed by atoms with Crippen molar-refractivity contribution in [1.29, 1.82) is 0 Å². The lowest BCUT2D eigenvalue weighted by molar-refractivity contribution is -0.148. The van der Waals surface area contributed by atoms with E-state index in [1.165, 1.54) is 26.5 Å². The summed E-state index contributed by atoms with van der Waals surface area (Å²) in [6.45, 7) is 0. The average molecular weight is 225 g/mol. The first-order chi connectivity index (χ1) is 7.58. The van der Waals surface area contributed by atoms with E-state index in [4.69, 9.17) is 14.6 Å². The number of Topliss-reactive ketones (excluding diaryl/α,β-unsaturated/α-hetero) is 1. The molecule has 1 aromatic heterocycles. The summed E-state index contributed by atoms with van der Waals surface area (Å²) in [6, 6.07) is 1.47. The maximum atomic E-state index is 11.1. The molecule has 0 aromatic carbocycles. The van der Waals surface area contributed by atoms with E-state index in [1.54, 1.807) is 0 Å². The van der Waals surface area contributed by atoms with Gasteiger partial charge in [0.15, 0.2) is 0 Å². The van der Waals surface area contributed by atoms with E-state index >= 15 is 0 Å². The minimum Gasteiger partial charge on any atom is -0.495 e. The Hall–Kier alpha value is -2.11. The fourth-order valence-corrected chi connectivity index (χ4v) is 1.14. The number of methoxy groups -OCH3 is 2. The van der Waals surface area contributed by atoms with E-state index in [2.05, 4.69) is 4.98 Å². The Kier molecular flexibility index (Phi) is 3.82. The van der Waals surface area contributed by atoms with Gasteiger partial charge in [-0.15, -0.1) is 0 Å². The number of aliphatic carboxylic acids is 1. The number of carbonyl (C=O) groups is 2. The SMILES string of the molecule is COc1cc(CC(=O)C(=O)O)c(OC)cn1. The summed E-state index contributed by atoms with van der Waals surface area (Å²) in [5.41, 5.74) is 0.432. The van der Waals surface area contributed by atoms with Crippen molar-refractivity contribution < 1.29 is 24.2 Å². The predicted molar refractivity (Wildman–Crippen MR) is 53.7 cm³/mol. The molecule has 0 unspecified atom stereocenters. The molecule has 0 amide bonds. The topological polar surface area (TPSA) is 85.7 Å². The molecule has 0 saturated heterocycles. The lowest BCUT2D eigenvalue weighted by Gasteiger charge is -2.07. The van der Waals surface area contributed by atoms with Gasteiger partial charge in [-0.25, -0.2) is 9.78 Å². The van der Waals surface area contributed by atoms with Gasteiger partial charge in [-0.1, -0.05) is 0 Å². The minimum atomic E-state index is -1.47. The van der Waals surface area contributed by atoms with Gasteiger partial charge in [-0.3, -0.25) is 4.79 Å². The molecule has 6 nitrogen and oxygen atoms in total. The van der Waals surface area contributed by atoms with Crippen LogP contribution >= 0.6 is 0 Å². The van der Waals surface area contributed by atoms with Crippen LogP contribution in [0.4, 0.5) is 0 Å². The second-order valence-electron chi connectivity index (χ2n) is 2.94. The largest absolute Gasteiger partial charge is 0.495 e. The Morgan fingerprint density at radius 2 is 2.06 bits per heavy atom. The van der Waals surface area contributed by atoms with Crippen LogP contribution in [-0.2, 0) is 16.0 Å². The van der Waals surface area contributed by atoms with E-state index in [-0.39, 0.29) is 6.42 Å². The average Bonchev–Trinajstić information content (AvgIpc) is 2.28. The molecule has 1 N–H and O–H groups in total. The third-order valence-electron chi connectivity index (χ3n) is 1.94. The van der Waals surface area contributed by atoms with Crippen molar-refractivity contribution in [3.63, 3.8) is 0 Å². The Labute approximate surface area is 91.8 Å². The van der Waals surface area contributed by atoms with Gasteiger partial charge in [0, 0.05) is 18.1 Å². The third-order valence-corrected chi connectivity index (χ3v) is 1.94. The summed E-state index contributed by atoms with van der Waals surface area (Å²) in [5.74, 6) is -1.73. The molecule has 1 aromatic rings. The number of aromatic nitrogens is 1. The van der Waals surface area contributed by atoms with Crippen molar-refractivity contribution in [3.05, 3.63) is 17.8 Å². The molecule has 1 rings (SSSR count). The molecular formula is C10H11NO5. The number of rotatable bonds is 5. The Morgan fingerprint density at radius 1 is 1.38 bits per heavy atom. The van der Waals surface area contributed by atoms with Crippen LogP contribution in [0.1, 0.15) is 5.56 Å². The zero-order valence-electron chi connectivity index (χ0n) is 8.89. The summed E-state index contributed by atoms with van der Waals surface area (Å²) in [6.07, 6.45) is 1.13. The highest BCUT2D eigenvalue weighted by atomic mass is 16.5. The first-order valence-electron chi connectivity index (χ1n) is 4.41. The molecule has 0 aliphatic rings. The molecule has 0 fully saturated rings. The van der Waals surface area contributed by atoms with Gasteiger partial charge in [0.2, 0.25) is 11.7 Å². The molecule has 0 spiro atoms. The fourth-order valence-electron chi connectivity index (χ4n) is 1.14. The van der Waals surface area contributed by atoms with Crippen LogP contribution < -0.4 is 9.47 Å². The van der Waals surface area contributed by atoms with E-state index < -0.39 is 11.8 Å². The first kappa shape index (κ1) is 12.0. The van der Waals surface area contributed by atoms with Crippen LogP contribution in [-0.4, -0.2) is 36.1 Å². The molecule has 0 atom stereocenters. The Bertz CT molecular complexity index is 416. The molecule has 0 aliphatic heterocycles. The Balaban J connectivity index is 3.00. The molecule has 1 heterocycles. The quantitative estimate of drug-likeness (QED) is 0.725. The highest BCUT2D eigenvalue weighted by Gasteiger charge is 2.16. The number of carboxylic acids is 1. The van der Waals surface area contributed by atoms with E-state index in [9.17, 15) is 9.59 Å². The highest BCUT2D eigenvalue weighted by Crippen LogP contribution is 2.21. The lowest BCUT2D eigenvalue weighted by Crippen LogP contribution is -2.15. The number of ether oxygens (including phenoxy) is 2. The highest BCUT2D eigenvalue weighted by molar-refractivity contribution is 6.33. The summed E-state index contributed by atoms with van der Waals surface area (Å²) in [4.78, 5) is 25.4. The van der Waals surface area contributed by atoms with Gasteiger partial charge < -0.3 is 14.6 Å². The number of nitrogens with zero attached hydrogens (tertiary/aromatic N) is 1. The molecule has 0 radical (unpaired) electrons. The summed E-state index contributed by atoms with van der Waals surface area (Å²) >= 11 is 0. The fraction of sp³-hybridized carbons (Fsp3) is 0.300. The predicted octanol–water partition coefficient (Wildman–Crippen LogP) is 0.295. The van der Waals surface area contributed by atoms with Gasteiger partial charge in [-0.2, -0.15) is 0 Å². The van der Waals surface area contributed by atoms with Gasteiger partial charge in [0.25, 0.3) is 0 Å². The summed E-state index contributed by atoms with van der Waals surface area (Å²) in [5, 5.41) is 8.50. The molecule has 6 heteroatoms. The maximum Gasteiger partial charge on any atom is 0.372 e. The van der Waals surface area contributed by atoms with E-state index in [0.717, 1.165) is 0 Å². The number of hydrogen-bond donors (Lipinski definition) is 1. The number of ketones is 1. The van der Waals surface area contributed by atoms with Gasteiger partial charge in [0.05, 0.1) is 20.4 Å². The zero-order chi connectivity index (χ0) is 12.1. The van der Waals surface area contributed by atoms with E-state index in [0.29, 0.717) is 17.2 Å². The maximum absolute atomic E-state index is 11.1. The molecule has 0 aliphatic carbocycles.